The van der Waals surface area contributed by atoms with Crippen LogP contribution in [0.4, 0.5) is 0 Å². The number of carbonyl (C=O) groups is 3. The molecule has 0 aliphatic carbocycles. The van der Waals surface area contributed by atoms with Crippen molar-refractivity contribution in [1.82, 2.24) is 5.32 Å². The highest BCUT2D eigenvalue weighted by molar-refractivity contribution is 5.87. The summed E-state index contributed by atoms with van der Waals surface area (Å²) in [5, 5.41) is 2.35. The summed E-state index contributed by atoms with van der Waals surface area (Å²) in [5.74, 6) is -1.79. The number of hydrogen-bond donors (Lipinski definition) is 2. The summed E-state index contributed by atoms with van der Waals surface area (Å²) in [6.45, 7) is 6.10. The van der Waals surface area contributed by atoms with Gasteiger partial charge in [0.05, 0.1) is 0 Å². The van der Waals surface area contributed by atoms with Gasteiger partial charge < -0.3 is 15.8 Å². The summed E-state index contributed by atoms with van der Waals surface area (Å²) >= 11 is 0. The lowest BCUT2D eigenvalue weighted by Crippen LogP contribution is -2.45. The van der Waals surface area contributed by atoms with E-state index in [1.807, 2.05) is 0 Å². The van der Waals surface area contributed by atoms with Crippen molar-refractivity contribution in [3.05, 3.63) is 12.2 Å². The van der Waals surface area contributed by atoms with Gasteiger partial charge in [0.25, 0.3) is 5.91 Å². The average molecular weight is 228 g/mol. The maximum atomic E-state index is 11.2. The van der Waals surface area contributed by atoms with E-state index in [-0.39, 0.29) is 6.42 Å². The molecule has 0 saturated carbocycles. The van der Waals surface area contributed by atoms with Crippen molar-refractivity contribution < 1.29 is 19.1 Å². The molecule has 3 N–H and O–H groups in total. The Labute approximate surface area is 93.8 Å². The minimum atomic E-state index is -0.819. The second-order valence-electron chi connectivity index (χ2n) is 3.46. The quantitative estimate of drug-likeness (QED) is 0.472. The van der Waals surface area contributed by atoms with E-state index in [9.17, 15) is 14.4 Å². The molecule has 0 fully saturated rings. The van der Waals surface area contributed by atoms with Crippen molar-refractivity contribution in [1.29, 1.82) is 0 Å². The molecule has 6 heteroatoms. The molecule has 1 atom stereocenters. The summed E-state index contributed by atoms with van der Waals surface area (Å²) < 4.78 is 4.46. The highest BCUT2D eigenvalue weighted by Crippen LogP contribution is 2.01. The Hall–Kier alpha value is -1.85. The van der Waals surface area contributed by atoms with Crippen molar-refractivity contribution in [3.8, 4) is 0 Å². The van der Waals surface area contributed by atoms with E-state index >= 15 is 0 Å². The standard InChI is InChI=1S/C10H16N2O4/c1-6(2)4-8(10(11)15)12-9(14)5-16-7(3)13/h8H,1,4-5H2,2-3H3,(H2,11,15)(H,12,14)/t8-/m0/s1. The zero-order valence-corrected chi connectivity index (χ0v) is 9.41. The first-order valence-corrected chi connectivity index (χ1v) is 4.69. The van der Waals surface area contributed by atoms with Gasteiger partial charge in [-0.3, -0.25) is 14.4 Å². The molecule has 90 valence electrons. The van der Waals surface area contributed by atoms with Crippen LogP contribution in [0, 0.1) is 0 Å². The summed E-state index contributed by atoms with van der Waals surface area (Å²) in [6.07, 6.45) is 0.265. The lowest BCUT2D eigenvalue weighted by Gasteiger charge is -2.15. The first-order valence-electron chi connectivity index (χ1n) is 4.69. The molecule has 0 aliphatic heterocycles. The van der Waals surface area contributed by atoms with Gasteiger partial charge in [0.2, 0.25) is 5.91 Å². The van der Waals surface area contributed by atoms with Gasteiger partial charge >= 0.3 is 5.97 Å². The number of carbonyl (C=O) groups excluding carboxylic acids is 3. The Bertz CT molecular complexity index is 312. The van der Waals surface area contributed by atoms with Gasteiger partial charge in [0, 0.05) is 6.92 Å². The van der Waals surface area contributed by atoms with E-state index in [2.05, 4.69) is 16.6 Å². The van der Waals surface area contributed by atoms with Gasteiger partial charge in [-0.2, -0.15) is 0 Å². The minimum Gasteiger partial charge on any atom is -0.456 e. The fourth-order valence-corrected chi connectivity index (χ4v) is 0.974. The van der Waals surface area contributed by atoms with E-state index in [4.69, 9.17) is 5.73 Å². The van der Waals surface area contributed by atoms with Crippen LogP contribution < -0.4 is 11.1 Å². The zero-order valence-electron chi connectivity index (χ0n) is 9.41. The molecule has 0 rings (SSSR count). The number of amides is 2. The number of rotatable bonds is 6. The number of esters is 1. The van der Waals surface area contributed by atoms with E-state index in [1.54, 1.807) is 6.92 Å². The number of ether oxygens (including phenoxy) is 1. The monoisotopic (exact) mass is 228 g/mol. The predicted octanol–water partition coefficient (Wildman–Crippen LogP) is -0.514. The Kier molecular flexibility index (Phi) is 5.84. The highest BCUT2D eigenvalue weighted by Gasteiger charge is 2.18. The lowest BCUT2D eigenvalue weighted by molar-refractivity contribution is -0.146. The minimum absolute atomic E-state index is 0.265. The van der Waals surface area contributed by atoms with Crippen LogP contribution in [-0.4, -0.2) is 30.4 Å². The molecule has 0 saturated heterocycles. The third-order valence-electron chi connectivity index (χ3n) is 1.64. The molecule has 0 heterocycles. The molecule has 0 spiro atoms. The number of nitrogens with two attached hydrogens (primary N) is 1. The van der Waals surface area contributed by atoms with Gasteiger partial charge in [-0.05, 0) is 13.3 Å². The largest absolute Gasteiger partial charge is 0.456 e. The van der Waals surface area contributed by atoms with Crippen LogP contribution >= 0.6 is 0 Å². The van der Waals surface area contributed by atoms with Crippen LogP contribution in [0.15, 0.2) is 12.2 Å². The van der Waals surface area contributed by atoms with E-state index in [1.165, 1.54) is 6.92 Å². The maximum Gasteiger partial charge on any atom is 0.303 e. The fraction of sp³-hybridized carbons (Fsp3) is 0.500. The molecule has 0 aromatic carbocycles. The first-order chi connectivity index (χ1) is 7.32. The van der Waals surface area contributed by atoms with Gasteiger partial charge in [-0.25, -0.2) is 0 Å². The summed E-state index contributed by atoms with van der Waals surface area (Å²) in [7, 11) is 0. The van der Waals surface area contributed by atoms with Gasteiger partial charge in [0.1, 0.15) is 6.04 Å². The lowest BCUT2D eigenvalue weighted by atomic mass is 10.1. The summed E-state index contributed by atoms with van der Waals surface area (Å²) in [5.41, 5.74) is 5.81. The SMILES string of the molecule is C=C(C)C[C@H](NC(=O)COC(C)=O)C(N)=O. The van der Waals surface area contributed by atoms with Crippen molar-refractivity contribution in [3.63, 3.8) is 0 Å². The van der Waals surface area contributed by atoms with Crippen LogP contribution in [0.25, 0.3) is 0 Å². The molecule has 2 amide bonds. The van der Waals surface area contributed by atoms with Crippen LogP contribution in [0.1, 0.15) is 20.3 Å². The molecular weight excluding hydrogens is 212 g/mol. The molecule has 16 heavy (non-hydrogen) atoms. The van der Waals surface area contributed by atoms with Crippen LogP contribution in [0.3, 0.4) is 0 Å². The van der Waals surface area contributed by atoms with Crippen LogP contribution in [-0.2, 0) is 19.1 Å². The number of hydrogen-bond acceptors (Lipinski definition) is 4. The molecule has 0 aromatic rings. The molecule has 0 unspecified atom stereocenters. The Morgan fingerprint density at radius 1 is 1.38 bits per heavy atom. The van der Waals surface area contributed by atoms with E-state index in [0.29, 0.717) is 0 Å². The number of nitrogens with one attached hydrogen (secondary N) is 1. The van der Waals surface area contributed by atoms with E-state index in [0.717, 1.165) is 5.57 Å². The smallest absolute Gasteiger partial charge is 0.303 e. The number of primary amides is 1. The molecule has 0 aliphatic rings. The molecule has 0 aromatic heterocycles. The maximum absolute atomic E-state index is 11.2. The first kappa shape index (κ1) is 14.2. The van der Waals surface area contributed by atoms with E-state index < -0.39 is 30.4 Å². The van der Waals surface area contributed by atoms with Crippen molar-refractivity contribution in [2.45, 2.75) is 26.3 Å². The van der Waals surface area contributed by atoms with Crippen molar-refractivity contribution >= 4 is 17.8 Å². The predicted molar refractivity (Wildman–Crippen MR) is 57.2 cm³/mol. The molecule has 6 nitrogen and oxygen atoms in total. The second kappa shape index (κ2) is 6.60. The third kappa shape index (κ3) is 6.58. The van der Waals surface area contributed by atoms with Crippen molar-refractivity contribution in [2.24, 2.45) is 5.73 Å². The molecule has 0 radical (unpaired) electrons. The Morgan fingerprint density at radius 2 is 1.94 bits per heavy atom. The zero-order chi connectivity index (χ0) is 12.7. The second-order valence-corrected chi connectivity index (χ2v) is 3.46. The summed E-state index contributed by atoms with van der Waals surface area (Å²) in [6, 6.07) is -0.819. The molecular formula is C10H16N2O4. The third-order valence-corrected chi connectivity index (χ3v) is 1.64. The average Bonchev–Trinajstić information content (AvgIpc) is 2.12. The Morgan fingerprint density at radius 3 is 2.31 bits per heavy atom. The van der Waals surface area contributed by atoms with Gasteiger partial charge in [-0.1, -0.05) is 5.57 Å². The van der Waals surface area contributed by atoms with Gasteiger partial charge in [-0.15, -0.1) is 6.58 Å². The molecule has 0 bridgehead atoms. The van der Waals surface area contributed by atoms with Crippen molar-refractivity contribution in [2.75, 3.05) is 6.61 Å². The topological polar surface area (TPSA) is 98.5 Å². The van der Waals surface area contributed by atoms with Crippen LogP contribution in [0.2, 0.25) is 0 Å². The normalized spacial score (nSPS) is 11.4. The summed E-state index contributed by atoms with van der Waals surface area (Å²) in [4.78, 5) is 32.6. The van der Waals surface area contributed by atoms with Crippen LogP contribution in [0.5, 0.6) is 0 Å². The fourth-order valence-electron chi connectivity index (χ4n) is 0.974. The Balaban J connectivity index is 4.18. The highest BCUT2D eigenvalue weighted by atomic mass is 16.5. The van der Waals surface area contributed by atoms with Gasteiger partial charge in [0.15, 0.2) is 6.61 Å².